The Hall–Kier alpha value is -4.13. The Morgan fingerprint density at radius 1 is 0.893 bits per heavy atom. The molecule has 0 aromatic heterocycles. The summed E-state index contributed by atoms with van der Waals surface area (Å²) in [5.41, 5.74) is 2.57. The van der Waals surface area contributed by atoms with Gasteiger partial charge in [0.15, 0.2) is 0 Å². The van der Waals surface area contributed by atoms with Crippen LogP contribution in [0.3, 0.4) is 0 Å². The van der Waals surface area contributed by atoms with Crippen LogP contribution in [0.5, 0.6) is 0 Å². The monoisotopic (exact) mass is 372 g/mol. The highest BCUT2D eigenvalue weighted by atomic mass is 16.6. The minimum Gasteiger partial charge on any atom is -0.323 e. The molecule has 0 aliphatic heterocycles. The Kier molecular flexibility index (Phi) is 5.99. The number of rotatable bonds is 6. The van der Waals surface area contributed by atoms with Crippen LogP contribution in [-0.2, 0) is 4.79 Å². The molecule has 0 aliphatic carbocycles. The van der Waals surface area contributed by atoms with Crippen LogP contribution in [0, 0.1) is 10.1 Å². The number of nitro groups is 1. The van der Waals surface area contributed by atoms with Crippen LogP contribution in [0.2, 0.25) is 0 Å². The summed E-state index contributed by atoms with van der Waals surface area (Å²) in [5.74, 6) is -0.342. The predicted octanol–water partition coefficient (Wildman–Crippen LogP) is 5.66. The van der Waals surface area contributed by atoms with E-state index in [0.717, 1.165) is 5.69 Å². The van der Waals surface area contributed by atoms with E-state index in [-0.39, 0.29) is 11.6 Å². The first-order valence-corrected chi connectivity index (χ1v) is 8.40. The standard InChI is InChI=1S/C21H16N4O3/c26-21(14-9-16-5-4-8-20(15-16)25(27)28)22-17-10-12-19(13-11-17)24-23-18-6-2-1-3-7-18/h1-15H,(H,22,26)/b14-9+,24-23?. The Morgan fingerprint density at radius 3 is 2.25 bits per heavy atom. The first-order valence-electron chi connectivity index (χ1n) is 8.40. The minimum atomic E-state index is -0.478. The summed E-state index contributed by atoms with van der Waals surface area (Å²) in [6, 6.07) is 22.4. The highest BCUT2D eigenvalue weighted by molar-refractivity contribution is 6.02. The quantitative estimate of drug-likeness (QED) is 0.261. The van der Waals surface area contributed by atoms with Gasteiger partial charge in [-0.25, -0.2) is 0 Å². The Labute approximate surface area is 161 Å². The van der Waals surface area contributed by atoms with E-state index in [2.05, 4.69) is 15.5 Å². The third-order valence-electron chi connectivity index (χ3n) is 3.68. The highest BCUT2D eigenvalue weighted by Gasteiger charge is 2.04. The molecule has 3 aromatic rings. The fraction of sp³-hybridized carbons (Fsp3) is 0. The lowest BCUT2D eigenvalue weighted by Crippen LogP contribution is -2.07. The van der Waals surface area contributed by atoms with Crippen LogP contribution in [0.25, 0.3) is 6.08 Å². The van der Waals surface area contributed by atoms with Crippen molar-refractivity contribution in [1.82, 2.24) is 0 Å². The Morgan fingerprint density at radius 2 is 1.57 bits per heavy atom. The molecule has 0 atom stereocenters. The summed E-state index contributed by atoms with van der Waals surface area (Å²) >= 11 is 0. The van der Waals surface area contributed by atoms with E-state index < -0.39 is 4.92 Å². The van der Waals surface area contributed by atoms with Gasteiger partial charge in [-0.2, -0.15) is 10.2 Å². The lowest BCUT2D eigenvalue weighted by atomic mass is 10.2. The fourth-order valence-electron chi connectivity index (χ4n) is 2.32. The minimum absolute atomic E-state index is 0.0252. The normalized spacial score (nSPS) is 11.0. The number of nitrogens with one attached hydrogen (secondary N) is 1. The van der Waals surface area contributed by atoms with Crippen molar-refractivity contribution in [3.05, 3.63) is 101 Å². The number of azo groups is 1. The summed E-state index contributed by atoms with van der Waals surface area (Å²) in [5, 5.41) is 21.8. The van der Waals surface area contributed by atoms with Crippen molar-refractivity contribution >= 4 is 34.7 Å². The van der Waals surface area contributed by atoms with Crippen molar-refractivity contribution in [2.45, 2.75) is 0 Å². The number of nitrogens with zero attached hydrogens (tertiary/aromatic N) is 3. The second kappa shape index (κ2) is 9.00. The van der Waals surface area contributed by atoms with E-state index in [1.54, 1.807) is 36.4 Å². The first-order chi connectivity index (χ1) is 13.6. The van der Waals surface area contributed by atoms with Gasteiger partial charge in [-0.3, -0.25) is 14.9 Å². The van der Waals surface area contributed by atoms with E-state index in [0.29, 0.717) is 16.9 Å². The number of hydrogen-bond donors (Lipinski definition) is 1. The maximum Gasteiger partial charge on any atom is 0.270 e. The molecule has 138 valence electrons. The predicted molar refractivity (Wildman–Crippen MR) is 108 cm³/mol. The van der Waals surface area contributed by atoms with E-state index >= 15 is 0 Å². The molecule has 0 spiro atoms. The third-order valence-corrected chi connectivity index (χ3v) is 3.68. The molecule has 7 nitrogen and oxygen atoms in total. The number of benzene rings is 3. The number of hydrogen-bond acceptors (Lipinski definition) is 5. The van der Waals surface area contributed by atoms with E-state index in [4.69, 9.17) is 0 Å². The summed E-state index contributed by atoms with van der Waals surface area (Å²) in [4.78, 5) is 22.3. The van der Waals surface area contributed by atoms with Gasteiger partial charge in [0.25, 0.3) is 5.69 Å². The number of carbonyl (C=O) groups excluding carboxylic acids is 1. The summed E-state index contributed by atoms with van der Waals surface area (Å²) < 4.78 is 0. The molecule has 0 radical (unpaired) electrons. The Balaban J connectivity index is 1.59. The third kappa shape index (κ3) is 5.43. The molecule has 0 heterocycles. The molecule has 7 heteroatoms. The Bertz CT molecular complexity index is 1030. The van der Waals surface area contributed by atoms with Gasteiger partial charge in [-0.05, 0) is 48.0 Å². The van der Waals surface area contributed by atoms with Gasteiger partial charge >= 0.3 is 0 Å². The molecule has 0 saturated heterocycles. The number of amides is 1. The van der Waals surface area contributed by atoms with Crippen LogP contribution in [0.4, 0.5) is 22.7 Å². The van der Waals surface area contributed by atoms with Gasteiger partial charge in [0, 0.05) is 23.9 Å². The number of nitro benzene ring substituents is 1. The topological polar surface area (TPSA) is 97.0 Å². The van der Waals surface area contributed by atoms with Crippen LogP contribution < -0.4 is 5.32 Å². The average molecular weight is 372 g/mol. The molecule has 0 aliphatic rings. The zero-order valence-corrected chi connectivity index (χ0v) is 14.7. The average Bonchev–Trinajstić information content (AvgIpc) is 2.73. The zero-order valence-electron chi connectivity index (χ0n) is 14.7. The van der Waals surface area contributed by atoms with Crippen LogP contribution in [0.1, 0.15) is 5.56 Å². The molecular formula is C21H16N4O3. The smallest absolute Gasteiger partial charge is 0.270 e. The lowest BCUT2D eigenvalue weighted by molar-refractivity contribution is -0.384. The maximum atomic E-state index is 12.0. The van der Waals surface area contributed by atoms with Gasteiger partial charge in [-0.15, -0.1) is 0 Å². The van der Waals surface area contributed by atoms with Crippen LogP contribution in [0.15, 0.2) is 95.2 Å². The summed E-state index contributed by atoms with van der Waals surface area (Å²) in [6.45, 7) is 0. The summed E-state index contributed by atoms with van der Waals surface area (Å²) in [6.07, 6.45) is 2.84. The number of non-ortho nitro benzene ring substituents is 1. The molecule has 3 aromatic carbocycles. The van der Waals surface area contributed by atoms with Gasteiger partial charge in [0.1, 0.15) is 0 Å². The molecule has 0 saturated carbocycles. The molecule has 28 heavy (non-hydrogen) atoms. The lowest BCUT2D eigenvalue weighted by Gasteiger charge is -2.02. The van der Waals surface area contributed by atoms with Gasteiger partial charge in [-0.1, -0.05) is 30.3 Å². The number of anilines is 1. The van der Waals surface area contributed by atoms with Crippen LogP contribution >= 0.6 is 0 Å². The van der Waals surface area contributed by atoms with E-state index in [1.165, 1.54) is 24.3 Å². The molecule has 0 unspecified atom stereocenters. The van der Waals surface area contributed by atoms with Crippen molar-refractivity contribution in [3.63, 3.8) is 0 Å². The molecule has 0 fully saturated rings. The van der Waals surface area contributed by atoms with Crippen molar-refractivity contribution in [2.75, 3.05) is 5.32 Å². The SMILES string of the molecule is O=C(/C=C/c1cccc([N+](=O)[O-])c1)Nc1ccc(N=Nc2ccccc2)cc1. The van der Waals surface area contributed by atoms with E-state index in [1.807, 2.05) is 30.3 Å². The first kappa shape index (κ1) is 18.7. The van der Waals surface area contributed by atoms with E-state index in [9.17, 15) is 14.9 Å². The second-order valence-corrected chi connectivity index (χ2v) is 5.76. The summed E-state index contributed by atoms with van der Waals surface area (Å²) in [7, 11) is 0. The second-order valence-electron chi connectivity index (χ2n) is 5.76. The highest BCUT2D eigenvalue weighted by Crippen LogP contribution is 2.20. The zero-order chi connectivity index (χ0) is 19.8. The molecule has 0 bridgehead atoms. The molecule has 1 N–H and O–H groups in total. The van der Waals surface area contributed by atoms with Gasteiger partial charge < -0.3 is 5.32 Å². The van der Waals surface area contributed by atoms with Crippen LogP contribution in [-0.4, -0.2) is 10.8 Å². The molecular weight excluding hydrogens is 356 g/mol. The molecule has 3 rings (SSSR count). The number of carbonyl (C=O) groups is 1. The van der Waals surface area contributed by atoms with Crippen molar-refractivity contribution < 1.29 is 9.72 Å². The molecule has 1 amide bonds. The fourth-order valence-corrected chi connectivity index (χ4v) is 2.32. The largest absolute Gasteiger partial charge is 0.323 e. The van der Waals surface area contributed by atoms with Gasteiger partial charge in [0.05, 0.1) is 16.3 Å². The van der Waals surface area contributed by atoms with Crippen molar-refractivity contribution in [3.8, 4) is 0 Å². The van der Waals surface area contributed by atoms with Gasteiger partial charge in [0.2, 0.25) is 5.91 Å². The maximum absolute atomic E-state index is 12.0. The van der Waals surface area contributed by atoms with Crippen molar-refractivity contribution in [1.29, 1.82) is 0 Å². The van der Waals surface area contributed by atoms with Crippen molar-refractivity contribution in [2.24, 2.45) is 10.2 Å².